The Hall–Kier alpha value is -3.40. The molecule has 162 valence electrons. The predicted molar refractivity (Wildman–Crippen MR) is 119 cm³/mol. The Kier molecular flexibility index (Phi) is 6.91. The molecule has 3 rings (SSSR count). The fraction of sp³-hybridized carbons (Fsp3) is 0.417. The highest BCUT2D eigenvalue weighted by Crippen LogP contribution is 2.22. The molecule has 0 aliphatic carbocycles. The van der Waals surface area contributed by atoms with E-state index in [-0.39, 0.29) is 30.0 Å². The molecule has 31 heavy (non-hydrogen) atoms. The van der Waals surface area contributed by atoms with E-state index in [2.05, 4.69) is 12.2 Å². The first kappa shape index (κ1) is 22.3. The number of hydrogen-bond donors (Lipinski definition) is 1. The third-order valence-electron chi connectivity index (χ3n) is 5.89. The summed E-state index contributed by atoms with van der Waals surface area (Å²) in [7, 11) is 0. The van der Waals surface area contributed by atoms with E-state index in [1.165, 1.54) is 4.57 Å². The molecule has 1 aliphatic heterocycles. The molecule has 7 heteroatoms. The van der Waals surface area contributed by atoms with E-state index in [0.717, 1.165) is 32.2 Å². The Bertz CT molecular complexity index is 1080. The minimum Gasteiger partial charge on any atom is -0.336 e. The van der Waals surface area contributed by atoms with E-state index in [1.807, 2.05) is 11.0 Å². The zero-order chi connectivity index (χ0) is 22.5. The van der Waals surface area contributed by atoms with Crippen LogP contribution in [0.3, 0.4) is 0 Å². The number of aromatic nitrogens is 1. The first-order valence-electron chi connectivity index (χ1n) is 10.7. The summed E-state index contributed by atoms with van der Waals surface area (Å²) in [6.07, 6.45) is 4.18. The summed E-state index contributed by atoms with van der Waals surface area (Å²) in [5.74, 6) is -0.352. The van der Waals surface area contributed by atoms with Gasteiger partial charge in [-0.05, 0) is 75.4 Å². The maximum atomic E-state index is 12.9. The lowest BCUT2D eigenvalue weighted by atomic mass is 9.99. The van der Waals surface area contributed by atoms with Crippen molar-refractivity contribution in [2.24, 2.45) is 0 Å². The number of benzene rings is 1. The Morgan fingerprint density at radius 3 is 2.55 bits per heavy atom. The van der Waals surface area contributed by atoms with Crippen LogP contribution in [0.15, 0.2) is 35.1 Å². The van der Waals surface area contributed by atoms with E-state index in [1.54, 1.807) is 44.2 Å². The summed E-state index contributed by atoms with van der Waals surface area (Å²) in [6.45, 7) is 6.13. The highest BCUT2D eigenvalue weighted by molar-refractivity contribution is 5.96. The van der Waals surface area contributed by atoms with Crippen molar-refractivity contribution in [3.05, 3.63) is 63.1 Å². The van der Waals surface area contributed by atoms with Crippen LogP contribution in [0.25, 0.3) is 0 Å². The summed E-state index contributed by atoms with van der Waals surface area (Å²) in [5.41, 5.74) is 1.94. The summed E-state index contributed by atoms with van der Waals surface area (Å²) < 4.78 is 1.29. The summed E-state index contributed by atoms with van der Waals surface area (Å²) in [6, 6.07) is 10.7. The molecule has 0 bridgehead atoms. The number of hydrogen-bond acceptors (Lipinski definition) is 4. The molecular formula is C24H28N4O3. The summed E-state index contributed by atoms with van der Waals surface area (Å²) >= 11 is 0. The van der Waals surface area contributed by atoms with E-state index < -0.39 is 5.56 Å². The van der Waals surface area contributed by atoms with Gasteiger partial charge in [-0.25, -0.2) is 0 Å². The Morgan fingerprint density at radius 2 is 1.90 bits per heavy atom. The Balaban J connectivity index is 1.69. The van der Waals surface area contributed by atoms with Crippen LogP contribution in [0.4, 0.5) is 5.69 Å². The molecule has 2 amide bonds. The average Bonchev–Trinajstić information content (AvgIpc) is 2.77. The van der Waals surface area contributed by atoms with Crippen LogP contribution < -0.4 is 10.9 Å². The standard InChI is InChI=1S/C24H28N4O3/c1-4-20-7-5-6-12-27(20)23(30)18-8-10-19(11-9-18)26-22(29)15-28-17(3)13-16(2)21(14-25)24(28)31/h8-11,13,20H,4-7,12,15H2,1-3H3,(H,26,29)/t20-/m0/s1. The smallest absolute Gasteiger partial charge is 0.269 e. The van der Waals surface area contributed by atoms with E-state index in [9.17, 15) is 19.6 Å². The van der Waals surface area contributed by atoms with Gasteiger partial charge in [0.15, 0.2) is 0 Å². The number of nitriles is 1. The van der Waals surface area contributed by atoms with Crippen LogP contribution >= 0.6 is 0 Å². The first-order chi connectivity index (χ1) is 14.8. The normalized spacial score (nSPS) is 15.9. The number of aryl methyl sites for hydroxylation is 2. The van der Waals surface area contributed by atoms with Crippen molar-refractivity contribution in [3.8, 4) is 6.07 Å². The fourth-order valence-corrected chi connectivity index (χ4v) is 4.16. The summed E-state index contributed by atoms with van der Waals surface area (Å²) in [5, 5.41) is 11.9. The molecule has 0 radical (unpaired) electrons. The lowest BCUT2D eigenvalue weighted by molar-refractivity contribution is -0.116. The number of likely N-dealkylation sites (tertiary alicyclic amines) is 1. The molecule has 1 atom stereocenters. The fourth-order valence-electron chi connectivity index (χ4n) is 4.16. The van der Waals surface area contributed by atoms with Crippen LogP contribution in [-0.4, -0.2) is 33.9 Å². The number of pyridine rings is 1. The second-order valence-corrected chi connectivity index (χ2v) is 8.03. The zero-order valence-electron chi connectivity index (χ0n) is 18.3. The lowest BCUT2D eigenvalue weighted by Crippen LogP contribution is -2.43. The van der Waals surface area contributed by atoms with Gasteiger partial charge in [-0.2, -0.15) is 5.26 Å². The second kappa shape index (κ2) is 9.61. The topological polar surface area (TPSA) is 95.2 Å². The van der Waals surface area contributed by atoms with Gasteiger partial charge in [0.25, 0.3) is 11.5 Å². The maximum absolute atomic E-state index is 12.9. The van der Waals surface area contributed by atoms with Gasteiger partial charge in [-0.1, -0.05) is 6.92 Å². The van der Waals surface area contributed by atoms with Gasteiger partial charge in [-0.15, -0.1) is 0 Å². The van der Waals surface area contributed by atoms with Crippen LogP contribution in [0, 0.1) is 25.2 Å². The molecule has 0 saturated carbocycles. The van der Waals surface area contributed by atoms with Crippen LogP contribution in [0.5, 0.6) is 0 Å². The monoisotopic (exact) mass is 420 g/mol. The molecule has 1 N–H and O–H groups in total. The van der Waals surface area contributed by atoms with Crippen LogP contribution in [0.1, 0.15) is 59.8 Å². The average molecular weight is 421 g/mol. The van der Waals surface area contributed by atoms with Crippen LogP contribution in [0.2, 0.25) is 0 Å². The summed E-state index contributed by atoms with van der Waals surface area (Å²) in [4.78, 5) is 39.8. The van der Waals surface area contributed by atoms with Gasteiger partial charge in [0.05, 0.1) is 0 Å². The third kappa shape index (κ3) is 4.85. The number of nitrogens with zero attached hydrogens (tertiary/aromatic N) is 3. The van der Waals surface area contributed by atoms with Gasteiger partial charge >= 0.3 is 0 Å². The molecule has 1 aromatic heterocycles. The quantitative estimate of drug-likeness (QED) is 0.802. The Morgan fingerprint density at radius 1 is 1.19 bits per heavy atom. The minimum absolute atomic E-state index is 0.0234. The second-order valence-electron chi connectivity index (χ2n) is 8.03. The first-order valence-corrected chi connectivity index (χ1v) is 10.7. The number of carbonyl (C=O) groups excluding carboxylic acids is 2. The number of carbonyl (C=O) groups is 2. The number of amides is 2. The zero-order valence-corrected chi connectivity index (χ0v) is 18.3. The largest absolute Gasteiger partial charge is 0.336 e. The molecule has 1 fully saturated rings. The predicted octanol–water partition coefficient (Wildman–Crippen LogP) is 3.38. The highest BCUT2D eigenvalue weighted by Gasteiger charge is 2.26. The van der Waals surface area contributed by atoms with Gasteiger partial charge < -0.3 is 14.8 Å². The van der Waals surface area contributed by atoms with E-state index in [0.29, 0.717) is 22.5 Å². The number of nitrogens with one attached hydrogen (secondary N) is 1. The highest BCUT2D eigenvalue weighted by atomic mass is 16.2. The van der Waals surface area contributed by atoms with Crippen molar-refractivity contribution in [2.45, 2.75) is 59.0 Å². The van der Waals surface area contributed by atoms with Gasteiger partial charge in [0, 0.05) is 29.5 Å². The van der Waals surface area contributed by atoms with Gasteiger partial charge in [0.1, 0.15) is 18.2 Å². The molecule has 2 heterocycles. The molecular weight excluding hydrogens is 392 g/mol. The molecule has 1 aromatic carbocycles. The van der Waals surface area contributed by atoms with Gasteiger partial charge in [0.2, 0.25) is 5.91 Å². The number of anilines is 1. The van der Waals surface area contributed by atoms with E-state index in [4.69, 9.17) is 0 Å². The minimum atomic E-state index is -0.469. The molecule has 7 nitrogen and oxygen atoms in total. The van der Waals surface area contributed by atoms with Crippen molar-refractivity contribution < 1.29 is 9.59 Å². The lowest BCUT2D eigenvalue weighted by Gasteiger charge is -2.35. The molecule has 0 spiro atoms. The van der Waals surface area contributed by atoms with Crippen molar-refractivity contribution in [3.63, 3.8) is 0 Å². The van der Waals surface area contributed by atoms with Crippen LogP contribution in [-0.2, 0) is 11.3 Å². The number of piperidine rings is 1. The van der Waals surface area contributed by atoms with Crippen molar-refractivity contribution >= 4 is 17.5 Å². The molecule has 1 aliphatic rings. The Labute approximate surface area is 182 Å². The van der Waals surface area contributed by atoms with Crippen molar-refractivity contribution in [1.29, 1.82) is 5.26 Å². The maximum Gasteiger partial charge on any atom is 0.269 e. The molecule has 2 aromatic rings. The van der Waals surface area contributed by atoms with Crippen molar-refractivity contribution in [2.75, 3.05) is 11.9 Å². The third-order valence-corrected chi connectivity index (χ3v) is 5.89. The molecule has 0 unspecified atom stereocenters. The van der Waals surface area contributed by atoms with Gasteiger partial charge in [-0.3, -0.25) is 14.4 Å². The SMILES string of the molecule is CC[C@H]1CCCCN1C(=O)c1ccc(NC(=O)Cn2c(C)cc(C)c(C#N)c2=O)cc1. The molecule has 1 saturated heterocycles. The van der Waals surface area contributed by atoms with Crippen molar-refractivity contribution in [1.82, 2.24) is 9.47 Å². The van der Waals surface area contributed by atoms with E-state index >= 15 is 0 Å². The number of rotatable bonds is 5.